The van der Waals surface area contributed by atoms with Crippen molar-refractivity contribution >= 4 is 12.2 Å². The number of carbonyl (C=O) groups is 2. The summed E-state index contributed by atoms with van der Waals surface area (Å²) in [4.78, 5) is 26.6. The van der Waals surface area contributed by atoms with Crippen LogP contribution in [0.15, 0.2) is 23.4 Å². The topological polar surface area (TPSA) is 60.9 Å². The van der Waals surface area contributed by atoms with Crippen LogP contribution in [0.25, 0.3) is 0 Å². The lowest BCUT2D eigenvalue weighted by molar-refractivity contribution is -0.128. The molecule has 0 saturated carbocycles. The van der Waals surface area contributed by atoms with E-state index in [4.69, 9.17) is 0 Å². The minimum absolute atomic E-state index is 0.0956. The molecule has 0 atom stereocenters. The van der Waals surface area contributed by atoms with E-state index in [-0.39, 0.29) is 12.0 Å². The van der Waals surface area contributed by atoms with Crippen LogP contribution in [0.1, 0.15) is 19.8 Å². The fraction of sp³-hybridized carbons (Fsp3) is 0.571. The highest BCUT2D eigenvalue weighted by atomic mass is 16.3. The van der Waals surface area contributed by atoms with Gasteiger partial charge in [0.25, 0.3) is 5.91 Å². The number of aliphatic hydroxyl groups excluding tert-OH is 1. The normalized spacial score (nSPS) is 18.4. The number of aliphatic hydroxyl groups is 1. The van der Waals surface area contributed by atoms with Gasteiger partial charge < -0.3 is 14.9 Å². The Kier molecular flexibility index (Phi) is 5.76. The highest BCUT2D eigenvalue weighted by Crippen LogP contribution is 2.14. The predicted molar refractivity (Wildman–Crippen MR) is 73.4 cm³/mol. The van der Waals surface area contributed by atoms with Gasteiger partial charge in [0.05, 0.1) is 11.7 Å². The molecular weight excluding hydrogens is 244 g/mol. The van der Waals surface area contributed by atoms with E-state index in [1.165, 1.54) is 0 Å². The average molecular weight is 266 g/mol. The largest absolute Gasteiger partial charge is 0.393 e. The summed E-state index contributed by atoms with van der Waals surface area (Å²) in [5, 5.41) is 9.46. The van der Waals surface area contributed by atoms with Crippen LogP contribution < -0.4 is 0 Å². The smallest absolute Gasteiger partial charge is 0.255 e. The molecule has 1 saturated heterocycles. The summed E-state index contributed by atoms with van der Waals surface area (Å²) in [6, 6.07) is 0. The number of nitrogens with zero attached hydrogens (tertiary/aromatic N) is 2. The quantitative estimate of drug-likeness (QED) is 0.459. The summed E-state index contributed by atoms with van der Waals surface area (Å²) in [6.07, 6.45) is 4.95. The van der Waals surface area contributed by atoms with Gasteiger partial charge in [0.15, 0.2) is 0 Å². The second kappa shape index (κ2) is 7.09. The number of carbonyl (C=O) groups excluding carboxylic acids is 2. The molecule has 1 amide bonds. The Morgan fingerprint density at radius 2 is 1.89 bits per heavy atom. The molecule has 5 heteroatoms. The lowest BCUT2D eigenvalue weighted by Gasteiger charge is -2.30. The minimum atomic E-state index is -0.308. The van der Waals surface area contributed by atoms with Crippen molar-refractivity contribution < 1.29 is 14.7 Å². The maximum atomic E-state index is 12.4. The average Bonchev–Trinajstić information content (AvgIpc) is 2.37. The molecule has 0 unspecified atom stereocenters. The van der Waals surface area contributed by atoms with Crippen LogP contribution in [0.4, 0.5) is 0 Å². The Labute approximate surface area is 114 Å². The Morgan fingerprint density at radius 3 is 2.37 bits per heavy atom. The van der Waals surface area contributed by atoms with Gasteiger partial charge in [-0.05, 0) is 31.4 Å². The maximum Gasteiger partial charge on any atom is 0.255 e. The lowest BCUT2D eigenvalue weighted by Crippen LogP contribution is -2.40. The number of rotatable bonds is 4. The number of allylic oxidation sites excluding steroid dienone is 1. The van der Waals surface area contributed by atoms with Crippen LogP contribution in [0.2, 0.25) is 0 Å². The van der Waals surface area contributed by atoms with Crippen molar-refractivity contribution in [1.29, 1.82) is 0 Å². The zero-order valence-corrected chi connectivity index (χ0v) is 11.8. The van der Waals surface area contributed by atoms with Crippen molar-refractivity contribution in [3.8, 4) is 0 Å². The molecule has 0 aliphatic carbocycles. The van der Waals surface area contributed by atoms with Crippen LogP contribution in [-0.4, -0.2) is 60.4 Å². The first-order valence-electron chi connectivity index (χ1n) is 6.43. The number of hydrogen-bond donors (Lipinski definition) is 1. The van der Waals surface area contributed by atoms with Crippen molar-refractivity contribution in [2.24, 2.45) is 0 Å². The minimum Gasteiger partial charge on any atom is -0.393 e. The van der Waals surface area contributed by atoms with E-state index in [9.17, 15) is 14.7 Å². The first-order valence-corrected chi connectivity index (χ1v) is 6.43. The van der Waals surface area contributed by atoms with Crippen molar-refractivity contribution in [2.75, 3.05) is 27.2 Å². The third-order valence-electron chi connectivity index (χ3n) is 2.96. The summed E-state index contributed by atoms with van der Waals surface area (Å²) < 4.78 is 0. The SMILES string of the molecule is C/C(C=O)=C/C(=CN(C)C)C(=O)N1CCC(O)CC1. The molecule has 5 nitrogen and oxygen atoms in total. The molecule has 0 radical (unpaired) electrons. The highest BCUT2D eigenvalue weighted by Gasteiger charge is 2.23. The van der Waals surface area contributed by atoms with Gasteiger partial charge in [-0.25, -0.2) is 0 Å². The zero-order valence-electron chi connectivity index (χ0n) is 11.8. The van der Waals surface area contributed by atoms with E-state index in [0.717, 1.165) is 6.29 Å². The van der Waals surface area contributed by atoms with Crippen LogP contribution in [0.3, 0.4) is 0 Å². The second-order valence-corrected chi connectivity index (χ2v) is 5.08. The summed E-state index contributed by atoms with van der Waals surface area (Å²) in [7, 11) is 3.66. The van der Waals surface area contributed by atoms with Gasteiger partial charge >= 0.3 is 0 Å². The molecule has 1 rings (SSSR count). The van der Waals surface area contributed by atoms with Gasteiger partial charge in [-0.1, -0.05) is 0 Å². The first kappa shape index (κ1) is 15.4. The van der Waals surface area contributed by atoms with Gasteiger partial charge in [-0.15, -0.1) is 0 Å². The Morgan fingerprint density at radius 1 is 1.32 bits per heavy atom. The van der Waals surface area contributed by atoms with E-state index in [1.807, 2.05) is 14.1 Å². The molecule has 1 fully saturated rings. The molecule has 1 aliphatic rings. The van der Waals surface area contributed by atoms with Gasteiger partial charge in [0.2, 0.25) is 0 Å². The molecular formula is C14H22N2O3. The van der Waals surface area contributed by atoms with Crippen LogP contribution in [-0.2, 0) is 9.59 Å². The summed E-state index contributed by atoms with van der Waals surface area (Å²) in [6.45, 7) is 2.78. The molecule has 1 aliphatic heterocycles. The van der Waals surface area contributed by atoms with Crippen LogP contribution >= 0.6 is 0 Å². The van der Waals surface area contributed by atoms with Gasteiger partial charge in [-0.3, -0.25) is 9.59 Å². The molecule has 1 heterocycles. The van der Waals surface area contributed by atoms with E-state index >= 15 is 0 Å². The summed E-state index contributed by atoms with van der Waals surface area (Å²) in [5.41, 5.74) is 1.00. The van der Waals surface area contributed by atoms with Gasteiger partial charge in [0, 0.05) is 33.4 Å². The highest BCUT2D eigenvalue weighted by molar-refractivity contribution is 5.97. The molecule has 106 valence electrons. The molecule has 19 heavy (non-hydrogen) atoms. The summed E-state index contributed by atoms with van der Waals surface area (Å²) >= 11 is 0. The van der Waals surface area contributed by atoms with Gasteiger partial charge in [0.1, 0.15) is 6.29 Å². The molecule has 0 spiro atoms. The number of hydrogen-bond acceptors (Lipinski definition) is 4. The second-order valence-electron chi connectivity index (χ2n) is 5.08. The molecule has 1 N–H and O–H groups in total. The van der Waals surface area contributed by atoms with Crippen molar-refractivity contribution in [2.45, 2.75) is 25.9 Å². The number of piperidine rings is 1. The molecule has 0 aromatic rings. The monoisotopic (exact) mass is 266 g/mol. The van der Waals surface area contributed by atoms with Crippen molar-refractivity contribution in [3.63, 3.8) is 0 Å². The third kappa shape index (κ3) is 4.87. The Hall–Kier alpha value is -1.62. The number of amides is 1. The zero-order chi connectivity index (χ0) is 14.4. The van der Waals surface area contributed by atoms with E-state index in [1.54, 1.807) is 29.0 Å². The molecule has 0 bridgehead atoms. The van der Waals surface area contributed by atoms with Crippen LogP contribution in [0, 0.1) is 0 Å². The standard InChI is InChI=1S/C14H22N2O3/c1-11(10-17)8-12(9-15(2)3)14(19)16-6-4-13(18)5-7-16/h8-10,13,18H,4-7H2,1-3H3/b11-8-,12-9?. The van der Waals surface area contributed by atoms with Crippen molar-refractivity contribution in [3.05, 3.63) is 23.4 Å². The fourth-order valence-electron chi connectivity index (χ4n) is 1.96. The fourth-order valence-corrected chi connectivity index (χ4v) is 1.96. The van der Waals surface area contributed by atoms with Crippen LogP contribution in [0.5, 0.6) is 0 Å². The number of likely N-dealkylation sites (tertiary alicyclic amines) is 1. The van der Waals surface area contributed by atoms with E-state index in [2.05, 4.69) is 0 Å². The van der Waals surface area contributed by atoms with Gasteiger partial charge in [-0.2, -0.15) is 0 Å². The van der Waals surface area contributed by atoms with E-state index in [0.29, 0.717) is 37.1 Å². The third-order valence-corrected chi connectivity index (χ3v) is 2.96. The lowest BCUT2D eigenvalue weighted by atomic mass is 10.1. The van der Waals surface area contributed by atoms with Crippen molar-refractivity contribution in [1.82, 2.24) is 9.80 Å². The molecule has 0 aromatic heterocycles. The number of aldehydes is 1. The first-order chi connectivity index (χ1) is 8.93. The summed E-state index contributed by atoms with van der Waals surface area (Å²) in [5.74, 6) is -0.0956. The Balaban J connectivity index is 2.86. The van der Waals surface area contributed by atoms with E-state index < -0.39 is 0 Å². The maximum absolute atomic E-state index is 12.4. The molecule has 0 aromatic carbocycles. The predicted octanol–water partition coefficient (Wildman–Crippen LogP) is 0.560. The Bertz CT molecular complexity index is 391.